The van der Waals surface area contributed by atoms with Gasteiger partial charge < -0.3 is 5.11 Å². The summed E-state index contributed by atoms with van der Waals surface area (Å²) in [6, 6.07) is 0. The highest BCUT2D eigenvalue weighted by molar-refractivity contribution is 7.87. The molecule has 1 fully saturated rings. The summed E-state index contributed by atoms with van der Waals surface area (Å²) in [5, 5.41) is 10.5. The van der Waals surface area contributed by atoms with Crippen LogP contribution in [0.1, 0.15) is 59.3 Å². The summed E-state index contributed by atoms with van der Waals surface area (Å²) in [5.74, 6) is 0.459. The summed E-state index contributed by atoms with van der Waals surface area (Å²) in [6.45, 7) is 7.22. The van der Waals surface area contributed by atoms with E-state index < -0.39 is 15.8 Å². The van der Waals surface area contributed by atoms with E-state index >= 15 is 0 Å². The Hall–Kier alpha value is -0.170. The number of aliphatic hydroxyl groups is 1. The van der Waals surface area contributed by atoms with Gasteiger partial charge in [0, 0.05) is 19.6 Å². The third kappa shape index (κ3) is 5.31. The van der Waals surface area contributed by atoms with E-state index in [2.05, 4.69) is 11.6 Å². The summed E-state index contributed by atoms with van der Waals surface area (Å²) in [7, 11) is -3.48. The first-order valence-electron chi connectivity index (χ1n) is 7.80. The SMILES string of the molecule is CCCN(CCC)S(=O)(=O)NCC1(O)CCCC(C)C1. The average Bonchev–Trinajstić information content (AvgIpc) is 2.36. The minimum atomic E-state index is -3.48. The molecule has 0 spiro atoms. The zero-order chi connectivity index (χ0) is 15.2. The Kier molecular flexibility index (Phi) is 6.91. The third-order valence-electron chi connectivity index (χ3n) is 3.94. The maximum atomic E-state index is 12.3. The number of hydrogen-bond donors (Lipinski definition) is 2. The van der Waals surface area contributed by atoms with E-state index in [0.717, 1.165) is 25.7 Å². The number of nitrogens with one attached hydrogen (secondary N) is 1. The Morgan fingerprint density at radius 3 is 2.40 bits per heavy atom. The standard InChI is InChI=1S/C14H30N2O3S/c1-4-9-16(10-5-2)20(18,19)15-12-14(17)8-6-7-13(3)11-14/h13,15,17H,4-12H2,1-3H3. The van der Waals surface area contributed by atoms with Gasteiger partial charge in [0.15, 0.2) is 0 Å². The van der Waals surface area contributed by atoms with E-state index in [4.69, 9.17) is 0 Å². The number of hydrogen-bond acceptors (Lipinski definition) is 3. The Bertz CT molecular complexity index is 380. The monoisotopic (exact) mass is 306 g/mol. The summed E-state index contributed by atoms with van der Waals surface area (Å²) < 4.78 is 28.6. The van der Waals surface area contributed by atoms with Gasteiger partial charge in [-0.2, -0.15) is 17.4 Å². The molecule has 1 aliphatic carbocycles. The molecule has 2 N–H and O–H groups in total. The van der Waals surface area contributed by atoms with Crippen molar-refractivity contribution in [2.45, 2.75) is 64.9 Å². The van der Waals surface area contributed by atoms with Crippen LogP contribution in [0.5, 0.6) is 0 Å². The minimum Gasteiger partial charge on any atom is -0.389 e. The van der Waals surface area contributed by atoms with Crippen LogP contribution in [-0.2, 0) is 10.2 Å². The van der Waals surface area contributed by atoms with E-state index in [9.17, 15) is 13.5 Å². The quantitative estimate of drug-likeness (QED) is 0.719. The van der Waals surface area contributed by atoms with Crippen LogP contribution in [0.25, 0.3) is 0 Å². The fourth-order valence-electron chi connectivity index (χ4n) is 2.96. The third-order valence-corrected chi connectivity index (χ3v) is 5.49. The summed E-state index contributed by atoms with van der Waals surface area (Å²) in [4.78, 5) is 0. The molecule has 0 heterocycles. The molecule has 6 heteroatoms. The van der Waals surface area contributed by atoms with Gasteiger partial charge in [0.05, 0.1) is 5.60 Å². The molecular formula is C14H30N2O3S. The van der Waals surface area contributed by atoms with Gasteiger partial charge in [-0.3, -0.25) is 0 Å². The van der Waals surface area contributed by atoms with E-state index in [1.54, 1.807) is 0 Å². The van der Waals surface area contributed by atoms with Crippen molar-refractivity contribution in [3.05, 3.63) is 0 Å². The number of nitrogens with zero attached hydrogens (tertiary/aromatic N) is 1. The van der Waals surface area contributed by atoms with Crippen molar-refractivity contribution in [3.8, 4) is 0 Å². The van der Waals surface area contributed by atoms with Crippen molar-refractivity contribution in [2.24, 2.45) is 5.92 Å². The topological polar surface area (TPSA) is 69.6 Å². The van der Waals surface area contributed by atoms with Gasteiger partial charge >= 0.3 is 0 Å². The molecule has 0 amide bonds. The summed E-state index contributed by atoms with van der Waals surface area (Å²) in [5.41, 5.74) is -0.880. The highest BCUT2D eigenvalue weighted by Crippen LogP contribution is 2.31. The fraction of sp³-hybridized carbons (Fsp3) is 1.00. The lowest BCUT2D eigenvalue weighted by Gasteiger charge is -2.36. The van der Waals surface area contributed by atoms with Crippen LogP contribution < -0.4 is 4.72 Å². The van der Waals surface area contributed by atoms with Crippen LogP contribution >= 0.6 is 0 Å². The highest BCUT2D eigenvalue weighted by Gasteiger charge is 2.34. The first-order chi connectivity index (χ1) is 9.33. The van der Waals surface area contributed by atoms with Crippen LogP contribution in [0.3, 0.4) is 0 Å². The van der Waals surface area contributed by atoms with Gasteiger partial charge in [-0.05, 0) is 31.6 Å². The minimum absolute atomic E-state index is 0.129. The smallest absolute Gasteiger partial charge is 0.279 e. The van der Waals surface area contributed by atoms with Crippen molar-refractivity contribution in [3.63, 3.8) is 0 Å². The molecule has 20 heavy (non-hydrogen) atoms. The normalized spacial score (nSPS) is 27.9. The Balaban J connectivity index is 2.61. The van der Waals surface area contributed by atoms with Crippen LogP contribution in [0.2, 0.25) is 0 Å². The lowest BCUT2D eigenvalue weighted by Crippen LogP contribution is -2.50. The van der Waals surface area contributed by atoms with Gasteiger partial charge in [-0.15, -0.1) is 0 Å². The van der Waals surface area contributed by atoms with Gasteiger partial charge in [0.2, 0.25) is 0 Å². The van der Waals surface area contributed by atoms with Gasteiger partial charge in [-0.1, -0.05) is 33.6 Å². The predicted molar refractivity (Wildman–Crippen MR) is 81.7 cm³/mol. The van der Waals surface area contributed by atoms with E-state index in [1.807, 2.05) is 13.8 Å². The molecule has 0 aromatic carbocycles. The Morgan fingerprint density at radius 1 is 1.30 bits per heavy atom. The molecule has 2 unspecified atom stereocenters. The van der Waals surface area contributed by atoms with Crippen LogP contribution in [-0.4, -0.2) is 43.1 Å². The van der Waals surface area contributed by atoms with Crippen molar-refractivity contribution >= 4 is 10.2 Å². The second-order valence-corrected chi connectivity index (χ2v) is 7.91. The van der Waals surface area contributed by atoms with Crippen molar-refractivity contribution in [1.82, 2.24) is 9.03 Å². The van der Waals surface area contributed by atoms with Gasteiger partial charge in [0.1, 0.15) is 0 Å². The lowest BCUT2D eigenvalue weighted by molar-refractivity contribution is -0.00779. The van der Waals surface area contributed by atoms with E-state index in [-0.39, 0.29) is 6.54 Å². The molecule has 1 aliphatic rings. The fourth-order valence-corrected chi connectivity index (χ4v) is 4.44. The molecule has 1 saturated carbocycles. The molecule has 120 valence electrons. The molecule has 0 aromatic heterocycles. The Labute approximate surface area is 123 Å². The second-order valence-electron chi connectivity index (χ2n) is 6.15. The maximum absolute atomic E-state index is 12.3. The second kappa shape index (κ2) is 7.73. The molecule has 1 rings (SSSR count). The lowest BCUT2D eigenvalue weighted by atomic mass is 9.79. The van der Waals surface area contributed by atoms with Gasteiger partial charge in [0.25, 0.3) is 10.2 Å². The molecule has 2 atom stereocenters. The predicted octanol–water partition coefficient (Wildman–Crippen LogP) is 1.88. The van der Waals surface area contributed by atoms with E-state index in [0.29, 0.717) is 31.8 Å². The summed E-state index contributed by atoms with van der Waals surface area (Å²) in [6.07, 6.45) is 5.03. The average molecular weight is 306 g/mol. The largest absolute Gasteiger partial charge is 0.389 e. The number of rotatable bonds is 8. The highest BCUT2D eigenvalue weighted by atomic mass is 32.2. The molecular weight excluding hydrogens is 276 g/mol. The molecule has 5 nitrogen and oxygen atoms in total. The molecule has 0 aromatic rings. The van der Waals surface area contributed by atoms with Gasteiger partial charge in [-0.25, -0.2) is 0 Å². The summed E-state index contributed by atoms with van der Waals surface area (Å²) >= 11 is 0. The first kappa shape index (κ1) is 17.9. The van der Waals surface area contributed by atoms with Crippen LogP contribution in [0.4, 0.5) is 0 Å². The van der Waals surface area contributed by atoms with Crippen LogP contribution in [0, 0.1) is 5.92 Å². The van der Waals surface area contributed by atoms with E-state index in [1.165, 1.54) is 4.31 Å². The molecule has 0 aliphatic heterocycles. The Morgan fingerprint density at radius 2 is 1.90 bits per heavy atom. The first-order valence-corrected chi connectivity index (χ1v) is 9.24. The van der Waals surface area contributed by atoms with Crippen molar-refractivity contribution in [2.75, 3.05) is 19.6 Å². The van der Waals surface area contributed by atoms with Crippen molar-refractivity contribution < 1.29 is 13.5 Å². The zero-order valence-electron chi connectivity index (χ0n) is 13.1. The zero-order valence-corrected chi connectivity index (χ0v) is 13.9. The van der Waals surface area contributed by atoms with Crippen molar-refractivity contribution in [1.29, 1.82) is 0 Å². The van der Waals surface area contributed by atoms with Crippen LogP contribution in [0.15, 0.2) is 0 Å². The maximum Gasteiger partial charge on any atom is 0.279 e. The molecule has 0 saturated heterocycles. The molecule has 0 radical (unpaired) electrons. The molecule has 0 bridgehead atoms.